The minimum atomic E-state index is -5.08. The number of nitrogens with zero attached hydrogens (tertiary/aromatic N) is 3. The Morgan fingerprint density at radius 2 is 1.39 bits per heavy atom. The third-order valence-electron chi connectivity index (χ3n) is 7.43. The summed E-state index contributed by atoms with van der Waals surface area (Å²) in [6.45, 7) is 2.09. The normalized spacial score (nSPS) is 16.5. The molecule has 44 heavy (non-hydrogen) atoms. The highest BCUT2D eigenvalue weighted by atomic mass is 19.4. The summed E-state index contributed by atoms with van der Waals surface area (Å²) in [4.78, 5) is 34.0. The summed E-state index contributed by atoms with van der Waals surface area (Å²) in [5.41, 5.74) is 4.17. The lowest BCUT2D eigenvalue weighted by Crippen LogP contribution is -2.42. The lowest BCUT2D eigenvalue weighted by molar-refractivity contribution is -0.192. The molecule has 1 fully saturated rings. The van der Waals surface area contributed by atoms with Crippen LogP contribution in [-0.4, -0.2) is 59.3 Å². The number of benzene rings is 3. The van der Waals surface area contributed by atoms with Gasteiger partial charge < -0.3 is 20.6 Å². The number of rotatable bonds is 7. The molecule has 3 N–H and O–H groups in total. The van der Waals surface area contributed by atoms with E-state index in [1.807, 2.05) is 79.7 Å². The number of amides is 1. The second-order valence-corrected chi connectivity index (χ2v) is 11.0. The molecule has 0 spiro atoms. The number of aromatic nitrogens is 2. The zero-order valence-electron chi connectivity index (χ0n) is 24.8. The van der Waals surface area contributed by atoms with Gasteiger partial charge in [0.1, 0.15) is 5.82 Å². The van der Waals surface area contributed by atoms with Crippen LogP contribution in [-0.2, 0) is 9.59 Å². The molecule has 0 radical (unpaired) electrons. The molecule has 8 nitrogen and oxygen atoms in total. The molecule has 1 heterocycles. The summed E-state index contributed by atoms with van der Waals surface area (Å²) in [5, 5.41) is 15.1. The number of hydrogen-bond donors (Lipinski definition) is 3. The van der Waals surface area contributed by atoms with Crippen molar-refractivity contribution in [3.63, 3.8) is 0 Å². The lowest BCUT2D eigenvalue weighted by atomic mass is 9.88. The minimum Gasteiger partial charge on any atom is -0.475 e. The fraction of sp³-hybridized carbons (Fsp3) is 0.333. The molecular formula is C33H36F3N5O3. The van der Waals surface area contributed by atoms with E-state index in [1.165, 1.54) is 5.56 Å². The van der Waals surface area contributed by atoms with Gasteiger partial charge in [-0.25, -0.2) is 9.78 Å². The van der Waals surface area contributed by atoms with Gasteiger partial charge in [0.25, 0.3) is 0 Å². The summed E-state index contributed by atoms with van der Waals surface area (Å²) in [5.74, 6) is -1.41. The van der Waals surface area contributed by atoms with Crippen LogP contribution in [0, 0.1) is 6.92 Å². The van der Waals surface area contributed by atoms with Crippen molar-refractivity contribution >= 4 is 34.5 Å². The highest BCUT2D eigenvalue weighted by molar-refractivity contribution is 5.91. The van der Waals surface area contributed by atoms with E-state index < -0.39 is 12.1 Å². The summed E-state index contributed by atoms with van der Waals surface area (Å²) in [6, 6.07) is 26.8. The van der Waals surface area contributed by atoms with Crippen molar-refractivity contribution < 1.29 is 27.9 Å². The molecule has 0 unspecified atom stereocenters. The number of halogens is 3. The van der Waals surface area contributed by atoms with Gasteiger partial charge in [-0.3, -0.25) is 4.79 Å². The maximum atomic E-state index is 13.5. The van der Waals surface area contributed by atoms with E-state index in [0.717, 1.165) is 53.5 Å². The Balaban J connectivity index is 0.000000566. The molecule has 1 saturated carbocycles. The van der Waals surface area contributed by atoms with Gasteiger partial charge in [0.15, 0.2) is 0 Å². The van der Waals surface area contributed by atoms with Crippen molar-refractivity contribution in [2.75, 3.05) is 24.3 Å². The van der Waals surface area contributed by atoms with Gasteiger partial charge in [-0.05, 0) is 55.9 Å². The Bertz CT molecular complexity index is 1520. The van der Waals surface area contributed by atoms with Crippen LogP contribution < -0.4 is 15.5 Å². The first-order valence-corrected chi connectivity index (χ1v) is 14.3. The van der Waals surface area contributed by atoms with Gasteiger partial charge >= 0.3 is 12.1 Å². The molecule has 5 rings (SSSR count). The van der Waals surface area contributed by atoms with Crippen molar-refractivity contribution in [3.05, 3.63) is 95.6 Å². The number of carboxylic acids is 1. The fourth-order valence-corrected chi connectivity index (χ4v) is 5.27. The zero-order chi connectivity index (χ0) is 31.9. The number of aryl methyl sites for hydroxylation is 1. The molecule has 0 saturated heterocycles. The van der Waals surface area contributed by atoms with Crippen molar-refractivity contribution in [1.29, 1.82) is 0 Å². The lowest BCUT2D eigenvalue weighted by Gasteiger charge is -2.31. The van der Waals surface area contributed by atoms with E-state index in [2.05, 4.69) is 35.8 Å². The molecule has 3 aromatic carbocycles. The van der Waals surface area contributed by atoms with Crippen LogP contribution in [0.5, 0.6) is 0 Å². The molecule has 4 aromatic rings. The standard InChI is InChI=1S/C31H35N5O.C2HF3O2/c1-21-14-19-27-26(20-21)29(36(2)3)35-31(34-27)33-25-17-15-24(16-18-25)32-30(37)28(22-10-6-4-7-11-22)23-12-8-5-9-13-23;3-2(4,5)1(6)7/h4-14,19-20,24-25,28H,15-18H2,1-3H3,(H,32,37)(H,33,34,35);(H,6,7). The van der Waals surface area contributed by atoms with Crippen LogP contribution >= 0.6 is 0 Å². The number of carboxylic acid groups (broad SMARTS) is 1. The number of carbonyl (C=O) groups is 2. The Morgan fingerprint density at radius 3 is 1.89 bits per heavy atom. The summed E-state index contributed by atoms with van der Waals surface area (Å²) < 4.78 is 31.7. The van der Waals surface area contributed by atoms with Crippen LogP contribution in [0.2, 0.25) is 0 Å². The number of hydrogen-bond acceptors (Lipinski definition) is 6. The number of aliphatic carboxylic acids is 1. The van der Waals surface area contributed by atoms with Gasteiger partial charge in [0.2, 0.25) is 11.9 Å². The van der Waals surface area contributed by atoms with E-state index in [-0.39, 0.29) is 23.9 Å². The van der Waals surface area contributed by atoms with Crippen molar-refractivity contribution in [3.8, 4) is 0 Å². The number of carbonyl (C=O) groups excluding carboxylic acids is 1. The number of anilines is 2. The maximum absolute atomic E-state index is 13.5. The molecule has 232 valence electrons. The smallest absolute Gasteiger partial charge is 0.475 e. The van der Waals surface area contributed by atoms with Crippen LogP contribution in [0.4, 0.5) is 24.9 Å². The van der Waals surface area contributed by atoms with Gasteiger partial charge in [-0.1, -0.05) is 72.3 Å². The maximum Gasteiger partial charge on any atom is 0.490 e. The number of nitrogens with one attached hydrogen (secondary N) is 2. The van der Waals surface area contributed by atoms with Gasteiger partial charge in [0, 0.05) is 31.6 Å². The van der Waals surface area contributed by atoms with Crippen LogP contribution in [0.25, 0.3) is 10.9 Å². The van der Waals surface area contributed by atoms with E-state index in [1.54, 1.807) is 0 Å². The van der Waals surface area contributed by atoms with E-state index in [0.29, 0.717) is 5.95 Å². The molecule has 0 atom stereocenters. The fourth-order valence-electron chi connectivity index (χ4n) is 5.27. The molecule has 1 amide bonds. The third kappa shape index (κ3) is 8.46. The molecular weight excluding hydrogens is 571 g/mol. The predicted molar refractivity (Wildman–Crippen MR) is 165 cm³/mol. The zero-order valence-corrected chi connectivity index (χ0v) is 24.8. The molecule has 1 aliphatic rings. The quantitative estimate of drug-likeness (QED) is 0.226. The van der Waals surface area contributed by atoms with Crippen molar-refractivity contribution in [2.45, 2.75) is 56.8 Å². The summed E-state index contributed by atoms with van der Waals surface area (Å²) in [6.07, 6.45) is -1.32. The molecule has 11 heteroatoms. The van der Waals surface area contributed by atoms with Gasteiger partial charge in [-0.2, -0.15) is 18.2 Å². The first-order valence-electron chi connectivity index (χ1n) is 14.3. The largest absolute Gasteiger partial charge is 0.490 e. The number of fused-ring (bicyclic) bond motifs is 1. The SMILES string of the molecule is Cc1ccc2nc(NC3CCC(NC(=O)C(c4ccccc4)c4ccccc4)CC3)nc(N(C)C)c2c1.O=C(O)C(F)(F)F. The summed E-state index contributed by atoms with van der Waals surface area (Å²) in [7, 11) is 4.03. The van der Waals surface area contributed by atoms with Gasteiger partial charge in [-0.15, -0.1) is 0 Å². The Kier molecular flexibility index (Phi) is 10.4. The summed E-state index contributed by atoms with van der Waals surface area (Å²) >= 11 is 0. The topological polar surface area (TPSA) is 107 Å². The van der Waals surface area contributed by atoms with E-state index in [9.17, 15) is 18.0 Å². The van der Waals surface area contributed by atoms with Crippen LogP contribution in [0.3, 0.4) is 0 Å². The Morgan fingerprint density at radius 1 is 0.864 bits per heavy atom. The highest BCUT2D eigenvalue weighted by Crippen LogP contribution is 2.29. The average Bonchev–Trinajstić information content (AvgIpc) is 2.99. The monoisotopic (exact) mass is 607 g/mol. The highest BCUT2D eigenvalue weighted by Gasteiger charge is 2.38. The van der Waals surface area contributed by atoms with E-state index in [4.69, 9.17) is 19.9 Å². The first kappa shape index (κ1) is 32.2. The minimum absolute atomic E-state index is 0.0672. The number of alkyl halides is 3. The Labute approximate surface area is 254 Å². The predicted octanol–water partition coefficient (Wildman–Crippen LogP) is 6.31. The second-order valence-electron chi connectivity index (χ2n) is 11.0. The molecule has 0 bridgehead atoms. The van der Waals surface area contributed by atoms with Crippen molar-refractivity contribution in [2.24, 2.45) is 0 Å². The van der Waals surface area contributed by atoms with Gasteiger partial charge in [0.05, 0.1) is 11.4 Å². The molecule has 1 aliphatic carbocycles. The van der Waals surface area contributed by atoms with Crippen LogP contribution in [0.1, 0.15) is 48.3 Å². The second kappa shape index (κ2) is 14.2. The molecule has 1 aromatic heterocycles. The molecule has 0 aliphatic heterocycles. The van der Waals surface area contributed by atoms with Crippen molar-refractivity contribution in [1.82, 2.24) is 15.3 Å². The third-order valence-corrected chi connectivity index (χ3v) is 7.43. The first-order chi connectivity index (χ1) is 20.9. The van der Waals surface area contributed by atoms with Crippen LogP contribution in [0.15, 0.2) is 78.9 Å². The Hall–Kier alpha value is -4.67. The average molecular weight is 608 g/mol. The van der Waals surface area contributed by atoms with E-state index >= 15 is 0 Å².